The summed E-state index contributed by atoms with van der Waals surface area (Å²) in [7, 11) is 3.98. The molecular weight excluding hydrogens is 214 g/mol. The average molecular weight is 235 g/mol. The molecule has 0 aromatic heterocycles. The fourth-order valence-electron chi connectivity index (χ4n) is 1.25. The monoisotopic (exact) mass is 235 g/mol. The molecule has 0 atom stereocenters. The highest BCUT2D eigenvalue weighted by Gasteiger charge is 2.21. The lowest BCUT2D eigenvalue weighted by Gasteiger charge is -2.32. The summed E-state index contributed by atoms with van der Waals surface area (Å²) < 4.78 is 0. The maximum atomic E-state index is 11.9. The number of hydrogen-bond donors (Lipinski definition) is 2. The number of hydrogen-bond acceptors (Lipinski definition) is 3. The van der Waals surface area contributed by atoms with Gasteiger partial charge in [-0.25, -0.2) is 0 Å². The first kappa shape index (κ1) is 13.5. The fourth-order valence-corrected chi connectivity index (χ4v) is 1.25. The number of para-hydroxylation sites is 1. The van der Waals surface area contributed by atoms with Crippen molar-refractivity contribution in [1.82, 2.24) is 10.2 Å². The van der Waals surface area contributed by atoms with Crippen molar-refractivity contribution in [2.75, 3.05) is 26.4 Å². The third-order valence-electron chi connectivity index (χ3n) is 3.10. The zero-order valence-electron chi connectivity index (χ0n) is 10.9. The lowest BCUT2D eigenvalue weighted by molar-refractivity contribution is 0.0920. The van der Waals surface area contributed by atoms with Gasteiger partial charge >= 0.3 is 0 Å². The molecular formula is C13H21N3O. The molecule has 0 bridgehead atoms. The molecule has 0 fully saturated rings. The van der Waals surface area contributed by atoms with Gasteiger partial charge in [-0.2, -0.15) is 0 Å². The SMILES string of the molecule is CN(C)C(C)(C)CNC(=O)c1ccccc1N. The minimum Gasteiger partial charge on any atom is -0.398 e. The molecule has 1 amide bonds. The number of rotatable bonds is 4. The van der Waals surface area contributed by atoms with E-state index in [0.717, 1.165) is 0 Å². The van der Waals surface area contributed by atoms with E-state index in [1.165, 1.54) is 0 Å². The van der Waals surface area contributed by atoms with E-state index in [1.807, 2.05) is 26.2 Å². The Labute approximate surface area is 103 Å². The number of anilines is 1. The number of benzene rings is 1. The van der Waals surface area contributed by atoms with Crippen LogP contribution in [0.1, 0.15) is 24.2 Å². The third-order valence-corrected chi connectivity index (χ3v) is 3.10. The van der Waals surface area contributed by atoms with E-state index in [9.17, 15) is 4.79 Å². The van der Waals surface area contributed by atoms with Crippen LogP contribution >= 0.6 is 0 Å². The van der Waals surface area contributed by atoms with Gasteiger partial charge in [0.15, 0.2) is 0 Å². The van der Waals surface area contributed by atoms with Gasteiger partial charge in [0.25, 0.3) is 5.91 Å². The average Bonchev–Trinajstić information content (AvgIpc) is 2.26. The van der Waals surface area contributed by atoms with Gasteiger partial charge in [0, 0.05) is 17.8 Å². The van der Waals surface area contributed by atoms with Crippen LogP contribution in [0.2, 0.25) is 0 Å². The third kappa shape index (κ3) is 3.46. The number of likely N-dealkylation sites (N-methyl/N-ethyl adjacent to an activating group) is 1. The summed E-state index contributed by atoms with van der Waals surface area (Å²) in [4.78, 5) is 14.0. The quantitative estimate of drug-likeness (QED) is 0.774. The molecule has 94 valence electrons. The van der Waals surface area contributed by atoms with E-state index >= 15 is 0 Å². The molecule has 0 saturated heterocycles. The Hall–Kier alpha value is -1.55. The zero-order chi connectivity index (χ0) is 13.1. The van der Waals surface area contributed by atoms with Crippen LogP contribution in [0.25, 0.3) is 0 Å². The Bertz CT molecular complexity index is 399. The first-order valence-corrected chi connectivity index (χ1v) is 5.65. The second-order valence-electron chi connectivity index (χ2n) is 4.98. The maximum absolute atomic E-state index is 11.9. The molecule has 0 saturated carbocycles. The summed E-state index contributed by atoms with van der Waals surface area (Å²) in [5.74, 6) is -0.127. The topological polar surface area (TPSA) is 58.4 Å². The molecule has 1 rings (SSSR count). The second kappa shape index (κ2) is 5.19. The van der Waals surface area contributed by atoms with Gasteiger partial charge in [-0.3, -0.25) is 4.79 Å². The van der Waals surface area contributed by atoms with Crippen LogP contribution in [-0.4, -0.2) is 37.0 Å². The number of nitrogens with one attached hydrogen (secondary N) is 1. The highest BCUT2D eigenvalue weighted by atomic mass is 16.1. The van der Waals surface area contributed by atoms with E-state index in [-0.39, 0.29) is 11.4 Å². The highest BCUT2D eigenvalue weighted by Crippen LogP contribution is 2.12. The predicted octanol–water partition coefficient (Wildman–Crippen LogP) is 1.34. The van der Waals surface area contributed by atoms with Crippen LogP contribution < -0.4 is 11.1 Å². The zero-order valence-corrected chi connectivity index (χ0v) is 10.9. The summed E-state index contributed by atoms with van der Waals surface area (Å²) in [5.41, 5.74) is 6.70. The summed E-state index contributed by atoms with van der Waals surface area (Å²) in [6.07, 6.45) is 0. The summed E-state index contributed by atoms with van der Waals surface area (Å²) >= 11 is 0. The normalized spacial score (nSPS) is 11.6. The number of carbonyl (C=O) groups excluding carboxylic acids is 1. The molecule has 0 unspecified atom stereocenters. The second-order valence-corrected chi connectivity index (χ2v) is 4.98. The fraction of sp³-hybridized carbons (Fsp3) is 0.462. The number of nitrogens with two attached hydrogens (primary N) is 1. The molecule has 1 aromatic rings. The predicted molar refractivity (Wildman–Crippen MR) is 71.0 cm³/mol. The van der Waals surface area contributed by atoms with Gasteiger partial charge in [-0.05, 0) is 40.1 Å². The van der Waals surface area contributed by atoms with Gasteiger partial charge in [0.1, 0.15) is 0 Å². The highest BCUT2D eigenvalue weighted by molar-refractivity contribution is 5.99. The van der Waals surface area contributed by atoms with Crippen molar-refractivity contribution in [3.05, 3.63) is 29.8 Å². The number of nitrogen functional groups attached to an aromatic ring is 1. The Balaban J connectivity index is 2.66. The molecule has 0 radical (unpaired) electrons. The van der Waals surface area contributed by atoms with Crippen molar-refractivity contribution in [3.8, 4) is 0 Å². The van der Waals surface area contributed by atoms with Gasteiger partial charge in [-0.15, -0.1) is 0 Å². The van der Waals surface area contributed by atoms with Crippen LogP contribution in [0.5, 0.6) is 0 Å². The van der Waals surface area contributed by atoms with Crippen molar-refractivity contribution in [1.29, 1.82) is 0 Å². The van der Waals surface area contributed by atoms with E-state index in [0.29, 0.717) is 17.8 Å². The minimum atomic E-state index is -0.127. The van der Waals surface area contributed by atoms with E-state index in [4.69, 9.17) is 5.73 Å². The molecule has 0 aliphatic rings. The van der Waals surface area contributed by atoms with Crippen molar-refractivity contribution < 1.29 is 4.79 Å². The Morgan fingerprint density at radius 1 is 1.35 bits per heavy atom. The smallest absolute Gasteiger partial charge is 0.253 e. The minimum absolute atomic E-state index is 0.0841. The number of amides is 1. The molecule has 0 aliphatic carbocycles. The number of nitrogens with zero attached hydrogens (tertiary/aromatic N) is 1. The van der Waals surface area contributed by atoms with Crippen molar-refractivity contribution in [2.24, 2.45) is 0 Å². The van der Waals surface area contributed by atoms with Crippen molar-refractivity contribution >= 4 is 11.6 Å². The molecule has 3 N–H and O–H groups in total. The number of carbonyl (C=O) groups is 1. The molecule has 1 aromatic carbocycles. The van der Waals surface area contributed by atoms with E-state index in [1.54, 1.807) is 12.1 Å². The van der Waals surface area contributed by atoms with Gasteiger partial charge in [0.2, 0.25) is 0 Å². The van der Waals surface area contributed by atoms with Gasteiger partial charge in [0.05, 0.1) is 5.56 Å². The maximum Gasteiger partial charge on any atom is 0.253 e. The summed E-state index contributed by atoms with van der Waals surface area (Å²) in [6, 6.07) is 7.08. The van der Waals surface area contributed by atoms with Crippen LogP contribution in [0, 0.1) is 0 Å². The lowest BCUT2D eigenvalue weighted by Crippen LogP contribution is -2.48. The molecule has 0 spiro atoms. The van der Waals surface area contributed by atoms with Crippen LogP contribution in [-0.2, 0) is 0 Å². The first-order chi connectivity index (χ1) is 7.84. The van der Waals surface area contributed by atoms with Crippen molar-refractivity contribution in [3.63, 3.8) is 0 Å². The Kier molecular flexibility index (Phi) is 4.12. The van der Waals surface area contributed by atoms with Gasteiger partial charge < -0.3 is 16.0 Å². The summed E-state index contributed by atoms with van der Waals surface area (Å²) in [6.45, 7) is 4.72. The molecule has 4 heteroatoms. The largest absolute Gasteiger partial charge is 0.398 e. The Morgan fingerprint density at radius 3 is 2.47 bits per heavy atom. The molecule has 0 aliphatic heterocycles. The first-order valence-electron chi connectivity index (χ1n) is 5.65. The van der Waals surface area contributed by atoms with Crippen LogP contribution in [0.4, 0.5) is 5.69 Å². The van der Waals surface area contributed by atoms with E-state index < -0.39 is 0 Å². The Morgan fingerprint density at radius 2 is 1.94 bits per heavy atom. The van der Waals surface area contributed by atoms with Crippen LogP contribution in [0.3, 0.4) is 0 Å². The van der Waals surface area contributed by atoms with Crippen molar-refractivity contribution in [2.45, 2.75) is 19.4 Å². The van der Waals surface area contributed by atoms with Gasteiger partial charge in [-0.1, -0.05) is 12.1 Å². The molecule has 4 nitrogen and oxygen atoms in total. The summed E-state index contributed by atoms with van der Waals surface area (Å²) in [5, 5.41) is 2.90. The molecule has 17 heavy (non-hydrogen) atoms. The van der Waals surface area contributed by atoms with Crippen LogP contribution in [0.15, 0.2) is 24.3 Å². The molecule has 0 heterocycles. The lowest BCUT2D eigenvalue weighted by atomic mass is 10.0. The standard InChI is InChI=1S/C13H21N3O/c1-13(2,16(3)4)9-15-12(17)10-7-5-6-8-11(10)14/h5-8H,9,14H2,1-4H3,(H,15,17). The van der Waals surface area contributed by atoms with E-state index in [2.05, 4.69) is 24.1 Å².